The number of amides is 2. The number of hydrazine groups is 1. The Hall–Kier alpha value is -3.54. The summed E-state index contributed by atoms with van der Waals surface area (Å²) in [5, 5.41) is 0. The predicted octanol–water partition coefficient (Wildman–Crippen LogP) is 3.10. The predicted molar refractivity (Wildman–Crippen MR) is 96.4 cm³/mol. The second kappa shape index (κ2) is 8.02. The minimum absolute atomic E-state index is 0.228. The molecule has 2 N–H and O–H groups in total. The van der Waals surface area contributed by atoms with Gasteiger partial charge in [0.15, 0.2) is 6.61 Å². The van der Waals surface area contributed by atoms with Gasteiger partial charge >= 0.3 is 0 Å². The summed E-state index contributed by atoms with van der Waals surface area (Å²) in [6.07, 6.45) is 1.41. The maximum atomic E-state index is 11.9. The van der Waals surface area contributed by atoms with Crippen molar-refractivity contribution in [2.24, 2.45) is 0 Å². The number of carbonyl (C=O) groups is 2. The van der Waals surface area contributed by atoms with Crippen LogP contribution in [-0.2, 0) is 4.79 Å². The molecule has 0 aliphatic carbocycles. The Morgan fingerprint density at radius 1 is 0.962 bits per heavy atom. The first kappa shape index (κ1) is 17.3. The van der Waals surface area contributed by atoms with Gasteiger partial charge in [0.25, 0.3) is 11.8 Å². The van der Waals surface area contributed by atoms with Gasteiger partial charge in [-0.15, -0.1) is 0 Å². The van der Waals surface area contributed by atoms with Gasteiger partial charge in [0.1, 0.15) is 11.5 Å². The monoisotopic (exact) mass is 350 g/mol. The van der Waals surface area contributed by atoms with E-state index in [0.717, 1.165) is 11.1 Å². The maximum Gasteiger partial charge on any atom is 0.276 e. The molecule has 3 rings (SSSR count). The molecule has 3 aromatic rings. The molecule has 1 aromatic heterocycles. The fourth-order valence-electron chi connectivity index (χ4n) is 2.44. The van der Waals surface area contributed by atoms with Crippen LogP contribution in [0.25, 0.3) is 11.1 Å². The molecule has 0 spiro atoms. The molecule has 132 valence electrons. The number of para-hydroxylation sites is 1. The van der Waals surface area contributed by atoms with Crippen LogP contribution in [0.1, 0.15) is 16.1 Å². The van der Waals surface area contributed by atoms with Gasteiger partial charge in [-0.2, -0.15) is 0 Å². The summed E-state index contributed by atoms with van der Waals surface area (Å²) in [6, 6.07) is 18.7. The number of aryl methyl sites for hydroxylation is 1. The van der Waals surface area contributed by atoms with Gasteiger partial charge in [-0.25, -0.2) is 0 Å². The van der Waals surface area contributed by atoms with Crippen molar-refractivity contribution in [2.75, 3.05) is 6.61 Å². The van der Waals surface area contributed by atoms with E-state index in [9.17, 15) is 9.59 Å². The van der Waals surface area contributed by atoms with Crippen LogP contribution in [0, 0.1) is 6.92 Å². The molecule has 0 atom stereocenters. The Morgan fingerprint density at radius 2 is 1.69 bits per heavy atom. The Balaban J connectivity index is 1.57. The van der Waals surface area contributed by atoms with Crippen LogP contribution in [0.15, 0.2) is 71.3 Å². The van der Waals surface area contributed by atoms with E-state index in [1.165, 1.54) is 12.3 Å². The lowest BCUT2D eigenvalue weighted by Crippen LogP contribution is -2.43. The largest absolute Gasteiger partial charge is 0.483 e. The average molecular weight is 350 g/mol. The fourth-order valence-corrected chi connectivity index (χ4v) is 2.44. The Labute approximate surface area is 150 Å². The number of nitrogens with one attached hydrogen (secondary N) is 2. The van der Waals surface area contributed by atoms with Gasteiger partial charge in [-0.3, -0.25) is 20.4 Å². The van der Waals surface area contributed by atoms with Gasteiger partial charge in [-0.1, -0.05) is 48.5 Å². The van der Waals surface area contributed by atoms with Crippen molar-refractivity contribution in [3.8, 4) is 16.9 Å². The number of hydrogen-bond acceptors (Lipinski definition) is 4. The SMILES string of the molecule is Cc1occc1C(=O)NNC(=O)COc1ccccc1-c1ccccc1. The smallest absolute Gasteiger partial charge is 0.276 e. The van der Waals surface area contributed by atoms with Crippen molar-refractivity contribution in [3.63, 3.8) is 0 Å². The van der Waals surface area contributed by atoms with E-state index in [-0.39, 0.29) is 6.61 Å². The quantitative estimate of drug-likeness (QED) is 0.693. The van der Waals surface area contributed by atoms with Crippen LogP contribution in [0.3, 0.4) is 0 Å². The number of carbonyl (C=O) groups excluding carboxylic acids is 2. The van der Waals surface area contributed by atoms with Gasteiger partial charge in [0.2, 0.25) is 0 Å². The molecule has 0 saturated heterocycles. The molecule has 0 bridgehead atoms. The molecule has 0 aliphatic heterocycles. The lowest BCUT2D eigenvalue weighted by atomic mass is 10.1. The third-order valence-electron chi connectivity index (χ3n) is 3.75. The van der Waals surface area contributed by atoms with E-state index in [1.54, 1.807) is 13.0 Å². The summed E-state index contributed by atoms with van der Waals surface area (Å²) < 4.78 is 10.7. The van der Waals surface area contributed by atoms with Crippen LogP contribution in [0.4, 0.5) is 0 Å². The number of hydrogen-bond donors (Lipinski definition) is 2. The summed E-state index contributed by atoms with van der Waals surface area (Å²) >= 11 is 0. The molecular weight excluding hydrogens is 332 g/mol. The lowest BCUT2D eigenvalue weighted by molar-refractivity contribution is -0.123. The Morgan fingerprint density at radius 3 is 2.42 bits per heavy atom. The Kier molecular flexibility index (Phi) is 5.34. The van der Waals surface area contributed by atoms with Crippen molar-refractivity contribution >= 4 is 11.8 Å². The highest BCUT2D eigenvalue weighted by atomic mass is 16.5. The highest BCUT2D eigenvalue weighted by molar-refractivity contribution is 5.96. The van der Waals surface area contributed by atoms with Gasteiger partial charge in [-0.05, 0) is 24.6 Å². The molecule has 0 saturated carbocycles. The summed E-state index contributed by atoms with van der Waals surface area (Å²) in [6.45, 7) is 1.44. The Bertz CT molecular complexity index is 903. The van der Waals surface area contributed by atoms with E-state index < -0.39 is 11.8 Å². The van der Waals surface area contributed by atoms with Gasteiger partial charge < -0.3 is 9.15 Å². The van der Waals surface area contributed by atoms with Crippen molar-refractivity contribution in [3.05, 3.63) is 78.3 Å². The van der Waals surface area contributed by atoms with Crippen LogP contribution >= 0.6 is 0 Å². The first-order valence-electron chi connectivity index (χ1n) is 8.05. The first-order valence-corrected chi connectivity index (χ1v) is 8.05. The minimum Gasteiger partial charge on any atom is -0.483 e. The van der Waals surface area contributed by atoms with Gasteiger partial charge in [0.05, 0.1) is 11.8 Å². The second-order valence-corrected chi connectivity index (χ2v) is 5.54. The normalized spacial score (nSPS) is 10.2. The third kappa shape index (κ3) is 4.10. The standard InChI is InChI=1S/C20H18N2O4/c1-14-16(11-12-25-14)20(24)22-21-19(23)13-26-18-10-6-5-9-17(18)15-7-3-2-4-8-15/h2-12H,13H2,1H3,(H,21,23)(H,22,24). The van der Waals surface area contributed by atoms with Crippen LogP contribution < -0.4 is 15.6 Å². The van der Waals surface area contributed by atoms with Gasteiger partial charge in [0, 0.05) is 5.56 Å². The zero-order valence-corrected chi connectivity index (χ0v) is 14.2. The fraction of sp³-hybridized carbons (Fsp3) is 0.100. The third-order valence-corrected chi connectivity index (χ3v) is 3.75. The molecule has 2 amide bonds. The zero-order valence-electron chi connectivity index (χ0n) is 14.2. The van der Waals surface area contributed by atoms with Crippen LogP contribution in [0.2, 0.25) is 0 Å². The van der Waals surface area contributed by atoms with Crippen molar-refractivity contribution in [1.29, 1.82) is 0 Å². The van der Waals surface area contributed by atoms with E-state index >= 15 is 0 Å². The first-order chi connectivity index (χ1) is 12.6. The molecule has 1 heterocycles. The highest BCUT2D eigenvalue weighted by Gasteiger charge is 2.13. The highest BCUT2D eigenvalue weighted by Crippen LogP contribution is 2.29. The van der Waals surface area contributed by atoms with E-state index in [1.807, 2.05) is 48.5 Å². The van der Waals surface area contributed by atoms with E-state index in [2.05, 4.69) is 10.9 Å². The summed E-state index contributed by atoms with van der Waals surface area (Å²) in [7, 11) is 0. The van der Waals surface area contributed by atoms with Crippen molar-refractivity contribution in [1.82, 2.24) is 10.9 Å². The molecule has 2 aromatic carbocycles. The summed E-state index contributed by atoms with van der Waals surface area (Å²) in [5.74, 6) is 0.146. The van der Waals surface area contributed by atoms with E-state index in [0.29, 0.717) is 17.1 Å². The number of furan rings is 1. The maximum absolute atomic E-state index is 11.9. The van der Waals surface area contributed by atoms with E-state index in [4.69, 9.17) is 9.15 Å². The number of benzene rings is 2. The van der Waals surface area contributed by atoms with Crippen molar-refractivity contribution in [2.45, 2.75) is 6.92 Å². The molecule has 6 nitrogen and oxygen atoms in total. The van der Waals surface area contributed by atoms with Crippen molar-refractivity contribution < 1.29 is 18.7 Å². The zero-order chi connectivity index (χ0) is 18.4. The second-order valence-electron chi connectivity index (χ2n) is 5.54. The number of ether oxygens (including phenoxy) is 1. The summed E-state index contributed by atoms with van der Waals surface area (Å²) in [4.78, 5) is 23.9. The molecule has 0 unspecified atom stereocenters. The average Bonchev–Trinajstić information content (AvgIpc) is 3.11. The summed E-state index contributed by atoms with van der Waals surface area (Å²) in [5.41, 5.74) is 6.89. The molecule has 0 fully saturated rings. The van der Waals surface area contributed by atoms with Crippen LogP contribution in [0.5, 0.6) is 5.75 Å². The lowest BCUT2D eigenvalue weighted by Gasteiger charge is -2.12. The minimum atomic E-state index is -0.470. The topological polar surface area (TPSA) is 80.6 Å². The van der Waals surface area contributed by atoms with Crippen LogP contribution in [-0.4, -0.2) is 18.4 Å². The molecule has 0 radical (unpaired) electrons. The molecular formula is C20H18N2O4. The molecule has 0 aliphatic rings. The number of rotatable bonds is 5. The molecule has 6 heteroatoms. The molecule has 26 heavy (non-hydrogen) atoms.